The zero-order valence-corrected chi connectivity index (χ0v) is 15.3. The molecule has 2 aliphatic carbocycles. The molecular weight excluding hydrogens is 308 g/mol. The second kappa shape index (κ2) is 6.74. The smallest absolute Gasteiger partial charge is 0.122 e. The molecule has 2 fully saturated rings. The van der Waals surface area contributed by atoms with Crippen molar-refractivity contribution < 1.29 is 9.47 Å². The Hall–Kier alpha value is -1.96. The van der Waals surface area contributed by atoms with Gasteiger partial charge in [0.1, 0.15) is 11.5 Å². The molecule has 1 spiro atoms. The second-order valence-electron chi connectivity index (χ2n) is 7.61. The van der Waals surface area contributed by atoms with Crippen LogP contribution < -0.4 is 9.47 Å². The maximum Gasteiger partial charge on any atom is 0.122 e. The normalized spacial score (nSPS) is 24.6. The maximum atomic E-state index is 5.72. The average molecular weight is 336 g/mol. The van der Waals surface area contributed by atoms with Gasteiger partial charge in [-0.3, -0.25) is 0 Å². The zero-order valence-electron chi connectivity index (χ0n) is 15.3. The Morgan fingerprint density at radius 2 is 1.16 bits per heavy atom. The summed E-state index contributed by atoms with van der Waals surface area (Å²) in [5.74, 6) is 3.28. The molecule has 0 saturated heterocycles. The van der Waals surface area contributed by atoms with Gasteiger partial charge in [-0.05, 0) is 66.2 Å². The van der Waals surface area contributed by atoms with Crippen molar-refractivity contribution in [2.75, 3.05) is 14.2 Å². The van der Waals surface area contributed by atoms with E-state index in [2.05, 4.69) is 48.5 Å². The van der Waals surface area contributed by atoms with Crippen LogP contribution >= 0.6 is 0 Å². The lowest BCUT2D eigenvalue weighted by molar-refractivity contribution is 0.224. The van der Waals surface area contributed by atoms with E-state index in [-0.39, 0.29) is 0 Å². The van der Waals surface area contributed by atoms with Crippen LogP contribution in [-0.2, 0) is 0 Å². The Balaban J connectivity index is 1.78. The van der Waals surface area contributed by atoms with Crippen molar-refractivity contribution in [3.05, 3.63) is 59.7 Å². The molecule has 2 aromatic carbocycles. The van der Waals surface area contributed by atoms with Crippen molar-refractivity contribution in [3.63, 3.8) is 0 Å². The predicted molar refractivity (Wildman–Crippen MR) is 102 cm³/mol. The van der Waals surface area contributed by atoms with Crippen LogP contribution in [0.2, 0.25) is 0 Å². The molecule has 0 bridgehead atoms. The summed E-state index contributed by atoms with van der Waals surface area (Å²) in [4.78, 5) is 0. The van der Waals surface area contributed by atoms with E-state index in [0.717, 1.165) is 11.5 Å². The highest BCUT2D eigenvalue weighted by atomic mass is 16.5. The van der Waals surface area contributed by atoms with Gasteiger partial charge in [0.2, 0.25) is 0 Å². The first-order valence-corrected chi connectivity index (χ1v) is 9.56. The Morgan fingerprint density at radius 3 is 1.60 bits per heavy atom. The zero-order chi connectivity index (χ0) is 17.3. The van der Waals surface area contributed by atoms with E-state index in [1.165, 1.54) is 49.7 Å². The van der Waals surface area contributed by atoms with Gasteiger partial charge in [0.05, 0.1) is 14.2 Å². The Kier molecular flexibility index (Phi) is 4.45. The predicted octanol–water partition coefficient (Wildman–Crippen LogP) is 5.93. The molecule has 0 radical (unpaired) electrons. The number of methoxy groups -OCH3 is 2. The van der Waals surface area contributed by atoms with Gasteiger partial charge in [0.25, 0.3) is 0 Å². The van der Waals surface area contributed by atoms with Crippen molar-refractivity contribution in [2.45, 2.75) is 50.4 Å². The average Bonchev–Trinajstić information content (AvgIpc) is 3.29. The largest absolute Gasteiger partial charge is 0.496 e. The molecule has 2 nitrogen and oxygen atoms in total. The summed E-state index contributed by atoms with van der Waals surface area (Å²) in [5, 5.41) is 0. The summed E-state index contributed by atoms with van der Waals surface area (Å²) in [7, 11) is 3.60. The lowest BCUT2D eigenvalue weighted by atomic mass is 9.65. The third-order valence-electron chi connectivity index (χ3n) is 6.69. The molecule has 0 amide bonds. The monoisotopic (exact) mass is 336 g/mol. The van der Waals surface area contributed by atoms with E-state index >= 15 is 0 Å². The molecule has 2 aromatic rings. The number of ether oxygens (including phenoxy) is 2. The molecule has 2 saturated carbocycles. The second-order valence-corrected chi connectivity index (χ2v) is 7.61. The number of benzene rings is 2. The number of hydrogen-bond acceptors (Lipinski definition) is 2. The minimum Gasteiger partial charge on any atom is -0.496 e. The van der Waals surface area contributed by atoms with Crippen LogP contribution in [0.5, 0.6) is 11.5 Å². The van der Waals surface area contributed by atoms with Crippen molar-refractivity contribution >= 4 is 0 Å². The third kappa shape index (κ3) is 2.63. The van der Waals surface area contributed by atoms with Gasteiger partial charge in [-0.2, -0.15) is 0 Å². The van der Waals surface area contributed by atoms with Crippen molar-refractivity contribution in [1.82, 2.24) is 0 Å². The van der Waals surface area contributed by atoms with Crippen LogP contribution in [0.25, 0.3) is 0 Å². The molecule has 0 heterocycles. The first-order valence-electron chi connectivity index (χ1n) is 9.56. The fourth-order valence-electron chi connectivity index (χ4n) is 5.75. The Morgan fingerprint density at radius 1 is 0.720 bits per heavy atom. The standard InChI is InChI=1S/C23H28O2/c1-24-21-13-5-3-9-17(21)19-11-7-15-23(19)16-8-12-20(23)18-10-4-6-14-22(18)25-2/h3-6,9-10,13-14,19-20H,7-8,11-12,15-16H2,1-2H3/t19-,20-,23?/m0/s1. The molecule has 0 aromatic heterocycles. The molecule has 0 aliphatic heterocycles. The third-order valence-corrected chi connectivity index (χ3v) is 6.69. The number of para-hydroxylation sites is 2. The van der Waals surface area contributed by atoms with Crippen LogP contribution in [-0.4, -0.2) is 14.2 Å². The van der Waals surface area contributed by atoms with Crippen molar-refractivity contribution in [1.29, 1.82) is 0 Å². The Labute approximate surface area is 151 Å². The molecule has 0 unspecified atom stereocenters. The van der Waals surface area contributed by atoms with E-state index in [4.69, 9.17) is 9.47 Å². The summed E-state index contributed by atoms with van der Waals surface area (Å²) in [6.07, 6.45) is 7.80. The van der Waals surface area contributed by atoms with Gasteiger partial charge in [0, 0.05) is 0 Å². The van der Waals surface area contributed by atoms with E-state index in [1.54, 1.807) is 14.2 Å². The summed E-state index contributed by atoms with van der Waals surface area (Å²) in [6.45, 7) is 0. The summed E-state index contributed by atoms with van der Waals surface area (Å²) in [6, 6.07) is 17.3. The van der Waals surface area contributed by atoms with Crippen LogP contribution in [0.15, 0.2) is 48.5 Å². The van der Waals surface area contributed by atoms with Crippen molar-refractivity contribution in [3.8, 4) is 11.5 Å². The summed E-state index contributed by atoms with van der Waals surface area (Å²) in [5.41, 5.74) is 3.16. The van der Waals surface area contributed by atoms with Gasteiger partial charge >= 0.3 is 0 Å². The van der Waals surface area contributed by atoms with Gasteiger partial charge in [-0.15, -0.1) is 0 Å². The first-order chi connectivity index (χ1) is 12.3. The molecule has 2 aliphatic rings. The Bertz CT molecular complexity index is 673. The van der Waals surface area contributed by atoms with Crippen molar-refractivity contribution in [2.24, 2.45) is 5.41 Å². The molecule has 2 atom stereocenters. The van der Waals surface area contributed by atoms with E-state index in [9.17, 15) is 0 Å². The van der Waals surface area contributed by atoms with E-state index < -0.39 is 0 Å². The van der Waals surface area contributed by atoms with Crippen LogP contribution in [0.1, 0.15) is 61.5 Å². The highest BCUT2D eigenvalue weighted by Gasteiger charge is 2.52. The quantitative estimate of drug-likeness (QED) is 0.689. The lowest BCUT2D eigenvalue weighted by Gasteiger charge is -2.39. The van der Waals surface area contributed by atoms with Gasteiger partial charge in [0.15, 0.2) is 0 Å². The highest BCUT2D eigenvalue weighted by Crippen LogP contribution is 2.65. The molecular formula is C23H28O2. The minimum atomic E-state index is 0.350. The summed E-state index contributed by atoms with van der Waals surface area (Å²) >= 11 is 0. The maximum absolute atomic E-state index is 5.72. The molecule has 0 N–H and O–H groups in total. The van der Waals surface area contributed by atoms with Crippen LogP contribution in [0, 0.1) is 5.41 Å². The minimum absolute atomic E-state index is 0.350. The highest BCUT2D eigenvalue weighted by molar-refractivity contribution is 5.43. The molecule has 2 heteroatoms. The first kappa shape index (κ1) is 16.5. The SMILES string of the molecule is COc1ccccc1[C@@H]1CCCC12CCC[C@H]2c1ccccc1OC. The number of hydrogen-bond donors (Lipinski definition) is 0. The van der Waals surface area contributed by atoms with Gasteiger partial charge < -0.3 is 9.47 Å². The fraction of sp³-hybridized carbons (Fsp3) is 0.478. The topological polar surface area (TPSA) is 18.5 Å². The number of rotatable bonds is 4. The molecule has 25 heavy (non-hydrogen) atoms. The fourth-order valence-corrected chi connectivity index (χ4v) is 5.75. The van der Waals surface area contributed by atoms with Crippen LogP contribution in [0.4, 0.5) is 0 Å². The van der Waals surface area contributed by atoms with Gasteiger partial charge in [-0.25, -0.2) is 0 Å². The van der Waals surface area contributed by atoms with Crippen LogP contribution in [0.3, 0.4) is 0 Å². The van der Waals surface area contributed by atoms with E-state index in [1.807, 2.05) is 0 Å². The van der Waals surface area contributed by atoms with Gasteiger partial charge in [-0.1, -0.05) is 49.2 Å². The lowest BCUT2D eigenvalue weighted by Crippen LogP contribution is -2.27. The summed E-state index contributed by atoms with van der Waals surface area (Å²) < 4.78 is 11.4. The van der Waals surface area contributed by atoms with E-state index in [0.29, 0.717) is 17.3 Å². The molecule has 132 valence electrons. The molecule has 4 rings (SSSR count).